The highest BCUT2D eigenvalue weighted by Crippen LogP contribution is 2.34. The van der Waals surface area contributed by atoms with E-state index in [4.69, 9.17) is 14.7 Å². The Bertz CT molecular complexity index is 441. The van der Waals surface area contributed by atoms with Crippen LogP contribution in [0.25, 0.3) is 0 Å². The molecule has 1 heterocycles. The fourth-order valence-corrected chi connectivity index (χ4v) is 2.95. The Morgan fingerprint density at radius 2 is 1.89 bits per heavy atom. The van der Waals surface area contributed by atoms with Crippen LogP contribution in [0.2, 0.25) is 0 Å². The largest absolute Gasteiger partial charge is 0.373 e. The van der Waals surface area contributed by atoms with Gasteiger partial charge in [-0.05, 0) is 39.0 Å². The third-order valence-corrected chi connectivity index (χ3v) is 4.14. The Kier molecular flexibility index (Phi) is 4.40. The number of hydrogen-bond donors (Lipinski definition) is 1. The van der Waals surface area contributed by atoms with Gasteiger partial charge >= 0.3 is 0 Å². The molecule has 0 atom stereocenters. The smallest absolute Gasteiger partial charge is 0.162 e. The summed E-state index contributed by atoms with van der Waals surface area (Å²) >= 11 is 0. The Hall–Kier alpha value is -1.16. The van der Waals surface area contributed by atoms with Crippen molar-refractivity contribution < 1.29 is 4.74 Å². The summed E-state index contributed by atoms with van der Waals surface area (Å²) in [5.41, 5.74) is 2.17. The van der Waals surface area contributed by atoms with E-state index in [2.05, 4.69) is 19.2 Å². The van der Waals surface area contributed by atoms with Crippen LogP contribution in [-0.2, 0) is 23.2 Å². The fraction of sp³-hybridized carbons (Fsp3) is 0.733. The van der Waals surface area contributed by atoms with Crippen molar-refractivity contribution in [3.63, 3.8) is 0 Å². The van der Waals surface area contributed by atoms with Gasteiger partial charge in [0.1, 0.15) is 11.4 Å². The number of ether oxygens (including phenoxy) is 1. The van der Waals surface area contributed by atoms with Gasteiger partial charge in [0.25, 0.3) is 0 Å². The first kappa shape index (κ1) is 14.3. The van der Waals surface area contributed by atoms with Gasteiger partial charge in [-0.2, -0.15) is 0 Å². The van der Waals surface area contributed by atoms with Gasteiger partial charge in [0, 0.05) is 24.9 Å². The normalized spacial score (nSPS) is 14.5. The second-order valence-corrected chi connectivity index (χ2v) is 5.06. The second kappa shape index (κ2) is 5.87. The van der Waals surface area contributed by atoms with Gasteiger partial charge in [0.2, 0.25) is 0 Å². The van der Waals surface area contributed by atoms with E-state index in [9.17, 15) is 0 Å². The predicted octanol–water partition coefficient (Wildman–Crippen LogP) is 3.06. The molecule has 0 spiro atoms. The molecule has 106 valence electrons. The minimum atomic E-state index is -0.335. The average Bonchev–Trinajstić information content (AvgIpc) is 2.92. The molecule has 0 saturated heterocycles. The number of rotatable bonds is 6. The molecule has 4 nitrogen and oxygen atoms in total. The van der Waals surface area contributed by atoms with Crippen LogP contribution in [0.15, 0.2) is 0 Å². The quantitative estimate of drug-likeness (QED) is 0.857. The van der Waals surface area contributed by atoms with Crippen molar-refractivity contribution in [1.82, 2.24) is 9.97 Å². The van der Waals surface area contributed by atoms with E-state index in [1.807, 2.05) is 14.0 Å². The molecule has 2 rings (SSSR count). The molecule has 0 aliphatic heterocycles. The SMILES string of the molecule is CCOC(CC)(CC)c1nc2c(c(NC)n1)CCC2. The Morgan fingerprint density at radius 1 is 1.16 bits per heavy atom. The molecule has 1 aliphatic carbocycles. The third kappa shape index (κ3) is 2.46. The summed E-state index contributed by atoms with van der Waals surface area (Å²) in [4.78, 5) is 9.57. The maximum absolute atomic E-state index is 6.02. The number of fused-ring (bicyclic) bond motifs is 1. The lowest BCUT2D eigenvalue weighted by Gasteiger charge is -2.30. The van der Waals surface area contributed by atoms with Crippen molar-refractivity contribution in [2.24, 2.45) is 0 Å². The highest BCUT2D eigenvalue weighted by Gasteiger charge is 2.34. The zero-order valence-corrected chi connectivity index (χ0v) is 12.5. The van der Waals surface area contributed by atoms with Crippen molar-refractivity contribution in [2.45, 2.75) is 58.5 Å². The Balaban J connectivity index is 2.49. The van der Waals surface area contributed by atoms with Crippen LogP contribution in [0.3, 0.4) is 0 Å². The van der Waals surface area contributed by atoms with Crippen molar-refractivity contribution in [3.05, 3.63) is 17.1 Å². The van der Waals surface area contributed by atoms with Crippen molar-refractivity contribution in [1.29, 1.82) is 0 Å². The number of nitrogens with zero attached hydrogens (tertiary/aromatic N) is 2. The number of aryl methyl sites for hydroxylation is 1. The summed E-state index contributed by atoms with van der Waals surface area (Å²) in [5, 5.41) is 3.22. The summed E-state index contributed by atoms with van der Waals surface area (Å²) < 4.78 is 6.02. The maximum atomic E-state index is 6.02. The molecule has 0 fully saturated rings. The van der Waals surface area contributed by atoms with E-state index in [0.29, 0.717) is 6.61 Å². The first-order valence-electron chi connectivity index (χ1n) is 7.42. The van der Waals surface area contributed by atoms with E-state index in [0.717, 1.165) is 37.3 Å². The molecule has 1 N–H and O–H groups in total. The maximum Gasteiger partial charge on any atom is 0.162 e. The minimum absolute atomic E-state index is 0.335. The molecule has 1 aromatic heterocycles. The topological polar surface area (TPSA) is 47.0 Å². The second-order valence-electron chi connectivity index (χ2n) is 5.06. The summed E-state index contributed by atoms with van der Waals surface area (Å²) in [6, 6.07) is 0. The molecule has 0 amide bonds. The molecule has 4 heteroatoms. The van der Waals surface area contributed by atoms with Crippen molar-refractivity contribution >= 4 is 5.82 Å². The summed E-state index contributed by atoms with van der Waals surface area (Å²) in [6.07, 6.45) is 5.14. The summed E-state index contributed by atoms with van der Waals surface area (Å²) in [7, 11) is 1.94. The van der Waals surface area contributed by atoms with E-state index >= 15 is 0 Å². The minimum Gasteiger partial charge on any atom is -0.373 e. The fourth-order valence-electron chi connectivity index (χ4n) is 2.95. The first-order chi connectivity index (χ1) is 9.20. The van der Waals surface area contributed by atoms with Crippen LogP contribution < -0.4 is 5.32 Å². The van der Waals surface area contributed by atoms with E-state index < -0.39 is 0 Å². The molecule has 1 aliphatic rings. The van der Waals surface area contributed by atoms with E-state index in [1.54, 1.807) is 0 Å². The molecule has 0 bridgehead atoms. The summed E-state index contributed by atoms with van der Waals surface area (Å²) in [5.74, 6) is 1.84. The molecule has 0 aromatic carbocycles. The number of aromatic nitrogens is 2. The van der Waals surface area contributed by atoms with E-state index in [1.165, 1.54) is 17.7 Å². The molecular formula is C15H25N3O. The van der Waals surface area contributed by atoms with Gasteiger partial charge in [-0.3, -0.25) is 0 Å². The molecule has 0 saturated carbocycles. The lowest BCUT2D eigenvalue weighted by Crippen LogP contribution is -2.31. The van der Waals surface area contributed by atoms with Gasteiger partial charge in [0.05, 0.1) is 0 Å². The zero-order valence-electron chi connectivity index (χ0n) is 12.5. The standard InChI is InChI=1S/C15H25N3O/c1-5-15(6-2,19-7-3)14-17-12-10-8-9-11(12)13(16-4)18-14/h5-10H2,1-4H3,(H,16,17,18). The lowest BCUT2D eigenvalue weighted by atomic mass is 9.95. The van der Waals surface area contributed by atoms with Crippen LogP contribution >= 0.6 is 0 Å². The number of anilines is 1. The van der Waals surface area contributed by atoms with Crippen molar-refractivity contribution in [2.75, 3.05) is 19.0 Å². The molecule has 0 radical (unpaired) electrons. The molecule has 1 aromatic rings. The van der Waals surface area contributed by atoms with Crippen molar-refractivity contribution in [3.8, 4) is 0 Å². The van der Waals surface area contributed by atoms with Gasteiger partial charge in [-0.1, -0.05) is 13.8 Å². The average molecular weight is 263 g/mol. The van der Waals surface area contributed by atoms with Gasteiger partial charge in [0.15, 0.2) is 5.82 Å². The van der Waals surface area contributed by atoms with Crippen LogP contribution in [-0.4, -0.2) is 23.6 Å². The highest BCUT2D eigenvalue weighted by molar-refractivity contribution is 5.48. The number of hydrogen-bond acceptors (Lipinski definition) is 4. The molecule has 0 unspecified atom stereocenters. The zero-order chi connectivity index (χ0) is 13.9. The van der Waals surface area contributed by atoms with Crippen LogP contribution in [0, 0.1) is 0 Å². The monoisotopic (exact) mass is 263 g/mol. The van der Waals surface area contributed by atoms with Crippen LogP contribution in [0.5, 0.6) is 0 Å². The van der Waals surface area contributed by atoms with E-state index in [-0.39, 0.29) is 5.60 Å². The molecular weight excluding hydrogens is 238 g/mol. The highest BCUT2D eigenvalue weighted by atomic mass is 16.5. The van der Waals surface area contributed by atoms with Gasteiger partial charge < -0.3 is 10.1 Å². The van der Waals surface area contributed by atoms with Gasteiger partial charge in [-0.25, -0.2) is 9.97 Å². The predicted molar refractivity (Wildman–Crippen MR) is 77.5 cm³/mol. The molecule has 19 heavy (non-hydrogen) atoms. The third-order valence-electron chi connectivity index (χ3n) is 4.14. The lowest BCUT2D eigenvalue weighted by molar-refractivity contribution is -0.0571. The Morgan fingerprint density at radius 3 is 2.47 bits per heavy atom. The first-order valence-corrected chi connectivity index (χ1v) is 7.42. The Labute approximate surface area is 116 Å². The summed E-state index contributed by atoms with van der Waals surface area (Å²) in [6.45, 7) is 7.02. The van der Waals surface area contributed by atoms with Crippen LogP contribution in [0.1, 0.15) is 57.1 Å². The van der Waals surface area contributed by atoms with Gasteiger partial charge in [-0.15, -0.1) is 0 Å². The van der Waals surface area contributed by atoms with Crippen LogP contribution in [0.4, 0.5) is 5.82 Å². The number of nitrogens with one attached hydrogen (secondary N) is 1.